The predicted molar refractivity (Wildman–Crippen MR) is 83.3 cm³/mol. The molecule has 2 N–H and O–H groups in total. The number of aromatic amines is 1. The number of nitrogens with one attached hydrogen (secondary N) is 2. The number of hydrogen-bond acceptors (Lipinski definition) is 4. The van der Waals surface area contributed by atoms with Gasteiger partial charge in [-0.25, -0.2) is 9.89 Å². The summed E-state index contributed by atoms with van der Waals surface area (Å²) in [7, 11) is 0. The molecule has 2 unspecified atom stereocenters. The first-order chi connectivity index (χ1) is 9.49. The highest BCUT2D eigenvalue weighted by atomic mass is 32.2. The first-order valence-corrected chi connectivity index (χ1v) is 8.42. The standard InChI is InChI=1S/C14H26N4OS/c1-5-9-18-12(19)16-17-13(18)20-10-7-8-14(3,4)11(10)15-6-2/h10-11,15H,5-9H2,1-4H3,(H,16,19). The van der Waals surface area contributed by atoms with Crippen molar-refractivity contribution < 1.29 is 0 Å². The molecule has 1 aliphatic carbocycles. The fourth-order valence-electron chi connectivity index (χ4n) is 3.04. The molecule has 1 fully saturated rings. The Hall–Kier alpha value is -0.750. The average molecular weight is 298 g/mol. The highest BCUT2D eigenvalue weighted by Crippen LogP contribution is 2.44. The molecular formula is C14H26N4OS. The Bertz CT molecular complexity index is 494. The van der Waals surface area contributed by atoms with Crippen molar-refractivity contribution in [3.8, 4) is 0 Å². The van der Waals surface area contributed by atoms with E-state index in [1.165, 1.54) is 12.8 Å². The molecule has 0 radical (unpaired) electrons. The van der Waals surface area contributed by atoms with Gasteiger partial charge in [0.2, 0.25) is 0 Å². The van der Waals surface area contributed by atoms with Crippen molar-refractivity contribution in [2.45, 2.75) is 70.0 Å². The average Bonchev–Trinajstić information content (AvgIpc) is 2.87. The fraction of sp³-hybridized carbons (Fsp3) is 0.857. The van der Waals surface area contributed by atoms with Crippen molar-refractivity contribution in [2.75, 3.05) is 6.54 Å². The summed E-state index contributed by atoms with van der Waals surface area (Å²) in [5.41, 5.74) is 0.214. The van der Waals surface area contributed by atoms with Crippen molar-refractivity contribution in [1.29, 1.82) is 0 Å². The Morgan fingerprint density at radius 3 is 2.90 bits per heavy atom. The van der Waals surface area contributed by atoms with Gasteiger partial charge < -0.3 is 5.32 Å². The van der Waals surface area contributed by atoms with Crippen LogP contribution in [0.3, 0.4) is 0 Å². The molecule has 0 spiro atoms. The van der Waals surface area contributed by atoms with Gasteiger partial charge in [0.25, 0.3) is 0 Å². The maximum absolute atomic E-state index is 11.8. The summed E-state index contributed by atoms with van der Waals surface area (Å²) in [4.78, 5) is 11.8. The third kappa shape index (κ3) is 3.11. The number of H-pyrrole nitrogens is 1. The van der Waals surface area contributed by atoms with Crippen molar-refractivity contribution in [1.82, 2.24) is 20.1 Å². The van der Waals surface area contributed by atoms with E-state index in [0.717, 1.165) is 24.7 Å². The molecule has 0 aliphatic heterocycles. The zero-order valence-corrected chi connectivity index (χ0v) is 13.7. The smallest absolute Gasteiger partial charge is 0.313 e. The summed E-state index contributed by atoms with van der Waals surface area (Å²) >= 11 is 1.75. The summed E-state index contributed by atoms with van der Waals surface area (Å²) in [5.74, 6) is 0. The van der Waals surface area contributed by atoms with E-state index in [1.54, 1.807) is 16.3 Å². The van der Waals surface area contributed by atoms with Gasteiger partial charge in [0.1, 0.15) is 0 Å². The van der Waals surface area contributed by atoms with Crippen molar-refractivity contribution in [3.05, 3.63) is 10.5 Å². The minimum atomic E-state index is -0.0911. The lowest BCUT2D eigenvalue weighted by Crippen LogP contribution is -2.43. The van der Waals surface area contributed by atoms with Crippen LogP contribution in [0.5, 0.6) is 0 Å². The normalized spacial score (nSPS) is 25.2. The first-order valence-electron chi connectivity index (χ1n) is 7.54. The largest absolute Gasteiger partial charge is 0.343 e. The molecule has 5 nitrogen and oxygen atoms in total. The summed E-state index contributed by atoms with van der Waals surface area (Å²) < 4.78 is 1.76. The second kappa shape index (κ2) is 6.35. The van der Waals surface area contributed by atoms with Gasteiger partial charge in [-0.1, -0.05) is 39.5 Å². The highest BCUT2D eigenvalue weighted by molar-refractivity contribution is 7.99. The van der Waals surface area contributed by atoms with E-state index in [2.05, 4.69) is 43.2 Å². The quantitative estimate of drug-likeness (QED) is 0.845. The maximum atomic E-state index is 11.8. The SMILES string of the molecule is CCCn1c(SC2CCC(C)(C)C2NCC)n[nH]c1=O. The number of hydrogen-bond donors (Lipinski definition) is 2. The summed E-state index contributed by atoms with van der Waals surface area (Å²) in [5, 5.41) is 11.7. The Balaban J connectivity index is 2.15. The van der Waals surface area contributed by atoms with E-state index < -0.39 is 0 Å². The van der Waals surface area contributed by atoms with Crippen LogP contribution in [0.1, 0.15) is 47.0 Å². The third-order valence-electron chi connectivity index (χ3n) is 4.14. The molecule has 1 aromatic rings. The second-order valence-corrected chi connectivity index (χ2v) is 7.39. The molecule has 0 aromatic carbocycles. The third-order valence-corrected chi connectivity index (χ3v) is 5.47. The van der Waals surface area contributed by atoms with E-state index in [9.17, 15) is 4.79 Å². The molecule has 1 heterocycles. The van der Waals surface area contributed by atoms with Crippen molar-refractivity contribution in [3.63, 3.8) is 0 Å². The van der Waals surface area contributed by atoms with E-state index >= 15 is 0 Å². The summed E-state index contributed by atoms with van der Waals surface area (Å²) in [6, 6.07) is 0.472. The van der Waals surface area contributed by atoms with Gasteiger partial charge in [-0.15, -0.1) is 5.10 Å². The first kappa shape index (κ1) is 15.6. The monoisotopic (exact) mass is 298 g/mol. The van der Waals surface area contributed by atoms with Gasteiger partial charge in [0.15, 0.2) is 5.16 Å². The Labute approximate surface area is 124 Å². The second-order valence-electron chi connectivity index (χ2n) is 6.18. The molecule has 0 amide bonds. The molecule has 2 rings (SSSR count). The Morgan fingerprint density at radius 2 is 2.25 bits per heavy atom. The van der Waals surface area contributed by atoms with E-state index in [4.69, 9.17) is 0 Å². The molecular weight excluding hydrogens is 272 g/mol. The lowest BCUT2D eigenvalue weighted by atomic mass is 9.87. The van der Waals surface area contributed by atoms with Gasteiger partial charge in [0.05, 0.1) is 0 Å². The van der Waals surface area contributed by atoms with Crippen LogP contribution in [0.15, 0.2) is 9.95 Å². The van der Waals surface area contributed by atoms with Crippen LogP contribution in [0, 0.1) is 5.41 Å². The van der Waals surface area contributed by atoms with Gasteiger partial charge in [0, 0.05) is 17.8 Å². The Kier molecular flexibility index (Phi) is 4.96. The minimum absolute atomic E-state index is 0.0911. The van der Waals surface area contributed by atoms with Gasteiger partial charge in [-0.05, 0) is 31.2 Å². The van der Waals surface area contributed by atoms with Crippen molar-refractivity contribution in [2.24, 2.45) is 5.41 Å². The number of aromatic nitrogens is 3. The molecule has 20 heavy (non-hydrogen) atoms. The number of thioether (sulfide) groups is 1. The van der Waals surface area contributed by atoms with Crippen LogP contribution >= 0.6 is 11.8 Å². The van der Waals surface area contributed by atoms with Crippen LogP contribution in [0.2, 0.25) is 0 Å². The molecule has 0 saturated heterocycles. The fourth-order valence-corrected chi connectivity index (χ4v) is 4.55. The molecule has 1 aromatic heterocycles. The minimum Gasteiger partial charge on any atom is -0.313 e. The predicted octanol–water partition coefficient (Wildman–Crippen LogP) is 2.24. The summed E-state index contributed by atoms with van der Waals surface area (Å²) in [6.07, 6.45) is 3.33. The zero-order valence-electron chi connectivity index (χ0n) is 12.9. The molecule has 1 saturated carbocycles. The van der Waals surface area contributed by atoms with Gasteiger partial charge in [-0.2, -0.15) is 0 Å². The lowest BCUT2D eigenvalue weighted by molar-refractivity contribution is 0.290. The van der Waals surface area contributed by atoms with E-state index in [-0.39, 0.29) is 5.69 Å². The molecule has 114 valence electrons. The highest BCUT2D eigenvalue weighted by Gasteiger charge is 2.42. The van der Waals surface area contributed by atoms with Gasteiger partial charge in [-0.3, -0.25) is 4.57 Å². The van der Waals surface area contributed by atoms with Crippen LogP contribution in [0.4, 0.5) is 0 Å². The van der Waals surface area contributed by atoms with Crippen molar-refractivity contribution >= 4 is 11.8 Å². The zero-order chi connectivity index (χ0) is 14.8. The maximum Gasteiger partial charge on any atom is 0.343 e. The van der Waals surface area contributed by atoms with E-state index in [0.29, 0.717) is 16.7 Å². The molecule has 0 bridgehead atoms. The lowest BCUT2D eigenvalue weighted by Gasteiger charge is -2.31. The van der Waals surface area contributed by atoms with Gasteiger partial charge >= 0.3 is 5.69 Å². The van der Waals surface area contributed by atoms with Crippen LogP contribution in [-0.4, -0.2) is 32.6 Å². The van der Waals surface area contributed by atoms with Crippen LogP contribution < -0.4 is 11.0 Å². The topological polar surface area (TPSA) is 62.7 Å². The Morgan fingerprint density at radius 1 is 1.50 bits per heavy atom. The number of nitrogens with zero attached hydrogens (tertiary/aromatic N) is 2. The molecule has 2 atom stereocenters. The molecule has 1 aliphatic rings. The van der Waals surface area contributed by atoms with Crippen LogP contribution in [-0.2, 0) is 6.54 Å². The van der Waals surface area contributed by atoms with Crippen LogP contribution in [0.25, 0.3) is 0 Å². The molecule has 6 heteroatoms. The van der Waals surface area contributed by atoms with E-state index in [1.807, 2.05) is 0 Å². The number of rotatable bonds is 6. The summed E-state index contributed by atoms with van der Waals surface area (Å²) in [6.45, 7) is 10.6.